The van der Waals surface area contributed by atoms with E-state index in [0.717, 1.165) is 14.2 Å². The summed E-state index contributed by atoms with van der Waals surface area (Å²) in [6, 6.07) is 0. The van der Waals surface area contributed by atoms with Gasteiger partial charge in [0.15, 0.2) is 5.78 Å². The number of nitrogens with one attached hydrogen (secondary N) is 1. The van der Waals surface area contributed by atoms with Crippen molar-refractivity contribution in [2.24, 2.45) is 5.92 Å². The molecule has 1 N–H and O–H groups in total. The molecule has 0 atom stereocenters. The summed E-state index contributed by atoms with van der Waals surface area (Å²) in [6.07, 6.45) is 0. The Hall–Kier alpha value is -2.64. The van der Waals surface area contributed by atoms with E-state index in [1.54, 1.807) is 13.8 Å². The molecule has 8 heteroatoms. The van der Waals surface area contributed by atoms with Crippen LogP contribution in [-0.4, -0.2) is 44.5 Å². The van der Waals surface area contributed by atoms with Gasteiger partial charge in [0.05, 0.1) is 25.4 Å². The van der Waals surface area contributed by atoms with E-state index in [1.807, 2.05) is 0 Å². The zero-order chi connectivity index (χ0) is 17.7. The fraction of sp³-hybridized carbons (Fsp3) is 0.467. The smallest absolute Gasteiger partial charge is 0.336 e. The average Bonchev–Trinajstić information content (AvgIpc) is 2.50. The van der Waals surface area contributed by atoms with Crippen LogP contribution in [0.25, 0.3) is 0 Å². The molecule has 1 aliphatic rings. The maximum atomic E-state index is 12.4. The molecular formula is C15H19NO7. The predicted octanol–water partition coefficient (Wildman–Crippen LogP) is 0.232. The molecule has 1 heterocycles. The minimum atomic E-state index is -1.32. The Labute approximate surface area is 133 Å². The van der Waals surface area contributed by atoms with Gasteiger partial charge in [-0.25, -0.2) is 9.59 Å². The fourth-order valence-electron chi connectivity index (χ4n) is 2.25. The summed E-state index contributed by atoms with van der Waals surface area (Å²) in [6.45, 7) is 3.92. The molecule has 0 amide bonds. The number of carbonyl (C=O) groups is 4. The largest absolute Gasteiger partial charge is 0.466 e. The van der Waals surface area contributed by atoms with Crippen LogP contribution in [-0.2, 0) is 33.4 Å². The quantitative estimate of drug-likeness (QED) is 0.565. The lowest BCUT2D eigenvalue weighted by Crippen LogP contribution is -2.38. The topological polar surface area (TPSA) is 108 Å². The van der Waals surface area contributed by atoms with Crippen LogP contribution in [0.5, 0.6) is 0 Å². The van der Waals surface area contributed by atoms with Crippen molar-refractivity contribution in [2.75, 3.05) is 20.8 Å². The number of hydrogen-bond donors (Lipinski definition) is 1. The normalized spacial score (nSPS) is 15.0. The molecule has 0 aromatic rings. The summed E-state index contributed by atoms with van der Waals surface area (Å²) in [4.78, 5) is 47.4. The van der Waals surface area contributed by atoms with Gasteiger partial charge in [-0.15, -0.1) is 0 Å². The Balaban J connectivity index is 3.36. The van der Waals surface area contributed by atoms with Crippen molar-refractivity contribution in [3.8, 4) is 0 Å². The van der Waals surface area contributed by atoms with Crippen LogP contribution in [0.4, 0.5) is 0 Å². The van der Waals surface area contributed by atoms with Crippen molar-refractivity contribution < 1.29 is 33.4 Å². The second kappa shape index (κ2) is 7.57. The molecule has 0 aromatic heterocycles. The highest BCUT2D eigenvalue weighted by molar-refractivity contribution is 6.05. The molecule has 0 saturated heterocycles. The Morgan fingerprint density at radius 2 is 1.39 bits per heavy atom. The molecular weight excluding hydrogens is 306 g/mol. The van der Waals surface area contributed by atoms with Crippen molar-refractivity contribution in [3.63, 3.8) is 0 Å². The molecule has 0 spiro atoms. The van der Waals surface area contributed by atoms with E-state index in [-0.39, 0.29) is 16.9 Å². The number of esters is 3. The number of carbonyl (C=O) groups excluding carboxylic acids is 4. The number of dihydropyridines is 1. The lowest BCUT2D eigenvalue weighted by atomic mass is 9.85. The van der Waals surface area contributed by atoms with Crippen LogP contribution < -0.4 is 5.32 Å². The second-order valence-corrected chi connectivity index (χ2v) is 4.93. The number of Topliss-reactive ketones (excluding diaryl/α,β-unsaturated/α-hetero) is 1. The van der Waals surface area contributed by atoms with Gasteiger partial charge in [-0.05, 0) is 20.8 Å². The third-order valence-electron chi connectivity index (χ3n) is 3.22. The fourth-order valence-corrected chi connectivity index (χ4v) is 2.25. The minimum Gasteiger partial charge on any atom is -0.466 e. The molecule has 0 bridgehead atoms. The van der Waals surface area contributed by atoms with E-state index >= 15 is 0 Å². The van der Waals surface area contributed by atoms with Gasteiger partial charge in [-0.1, -0.05) is 0 Å². The van der Waals surface area contributed by atoms with Gasteiger partial charge in [0.1, 0.15) is 12.5 Å². The first kappa shape index (κ1) is 18.4. The number of ether oxygens (including phenoxy) is 3. The van der Waals surface area contributed by atoms with Crippen molar-refractivity contribution in [2.45, 2.75) is 20.8 Å². The monoisotopic (exact) mass is 325 g/mol. The van der Waals surface area contributed by atoms with Crippen molar-refractivity contribution in [1.29, 1.82) is 0 Å². The number of methoxy groups -OCH3 is 2. The van der Waals surface area contributed by atoms with Gasteiger partial charge in [0, 0.05) is 11.4 Å². The Morgan fingerprint density at radius 3 is 1.74 bits per heavy atom. The lowest BCUT2D eigenvalue weighted by Gasteiger charge is -2.28. The molecule has 126 valence electrons. The highest BCUT2D eigenvalue weighted by atomic mass is 16.5. The summed E-state index contributed by atoms with van der Waals surface area (Å²) in [7, 11) is 2.31. The average molecular weight is 325 g/mol. The van der Waals surface area contributed by atoms with E-state index in [0.29, 0.717) is 11.4 Å². The molecule has 0 aromatic carbocycles. The van der Waals surface area contributed by atoms with Gasteiger partial charge in [0.2, 0.25) is 0 Å². The van der Waals surface area contributed by atoms with Gasteiger partial charge < -0.3 is 19.5 Å². The first-order valence-electron chi connectivity index (χ1n) is 6.75. The Kier molecular flexibility index (Phi) is 6.06. The van der Waals surface area contributed by atoms with E-state index in [4.69, 9.17) is 4.74 Å². The van der Waals surface area contributed by atoms with Crippen LogP contribution in [0, 0.1) is 5.92 Å². The zero-order valence-corrected chi connectivity index (χ0v) is 13.6. The van der Waals surface area contributed by atoms with E-state index in [2.05, 4.69) is 14.8 Å². The van der Waals surface area contributed by atoms with Gasteiger partial charge in [0.25, 0.3) is 0 Å². The highest BCUT2D eigenvalue weighted by Gasteiger charge is 2.42. The Bertz CT molecular complexity index is 577. The van der Waals surface area contributed by atoms with Crippen LogP contribution in [0.2, 0.25) is 0 Å². The minimum absolute atomic E-state index is 0.0629. The molecule has 0 radical (unpaired) electrons. The number of ketones is 1. The molecule has 1 aliphatic heterocycles. The lowest BCUT2D eigenvalue weighted by molar-refractivity contribution is -0.153. The summed E-state index contributed by atoms with van der Waals surface area (Å²) in [5, 5.41) is 2.84. The van der Waals surface area contributed by atoms with Crippen LogP contribution >= 0.6 is 0 Å². The van der Waals surface area contributed by atoms with E-state index in [1.165, 1.54) is 6.92 Å². The van der Waals surface area contributed by atoms with Gasteiger partial charge in [-0.2, -0.15) is 0 Å². The molecule has 0 saturated carbocycles. The van der Waals surface area contributed by atoms with Crippen LogP contribution in [0.15, 0.2) is 22.5 Å². The number of hydrogen-bond acceptors (Lipinski definition) is 8. The number of allylic oxidation sites excluding steroid dienone is 2. The summed E-state index contributed by atoms with van der Waals surface area (Å²) in [5.74, 6) is -4.16. The van der Waals surface area contributed by atoms with Crippen LogP contribution in [0.1, 0.15) is 20.8 Å². The third kappa shape index (κ3) is 3.97. The van der Waals surface area contributed by atoms with Gasteiger partial charge >= 0.3 is 17.9 Å². The van der Waals surface area contributed by atoms with E-state index < -0.39 is 30.4 Å². The molecule has 0 unspecified atom stereocenters. The van der Waals surface area contributed by atoms with Gasteiger partial charge in [-0.3, -0.25) is 9.59 Å². The molecule has 1 rings (SSSR count). The van der Waals surface area contributed by atoms with Crippen molar-refractivity contribution >= 4 is 23.7 Å². The van der Waals surface area contributed by atoms with Crippen molar-refractivity contribution in [3.05, 3.63) is 22.5 Å². The SMILES string of the molecule is COC(=O)C1=C(C)NC(C)=C(C(=O)OC)C1C(=O)OCC(C)=O. The summed E-state index contributed by atoms with van der Waals surface area (Å²) < 4.78 is 14.2. The first-order chi connectivity index (χ1) is 10.7. The summed E-state index contributed by atoms with van der Waals surface area (Å²) >= 11 is 0. The zero-order valence-electron chi connectivity index (χ0n) is 13.6. The summed E-state index contributed by atoms with van der Waals surface area (Å²) in [5.41, 5.74) is 0.581. The van der Waals surface area contributed by atoms with Crippen molar-refractivity contribution in [1.82, 2.24) is 5.32 Å². The Morgan fingerprint density at radius 1 is 0.957 bits per heavy atom. The molecule has 0 aliphatic carbocycles. The highest BCUT2D eigenvalue weighted by Crippen LogP contribution is 2.32. The second-order valence-electron chi connectivity index (χ2n) is 4.93. The maximum Gasteiger partial charge on any atom is 0.336 e. The maximum absolute atomic E-state index is 12.4. The molecule has 0 fully saturated rings. The standard InChI is InChI=1S/C15H19NO7/c1-7(17)6-23-15(20)12-10(13(18)21-4)8(2)16-9(3)11(12)14(19)22-5/h12,16H,6H2,1-5H3. The third-order valence-corrected chi connectivity index (χ3v) is 3.22. The molecule has 23 heavy (non-hydrogen) atoms. The van der Waals surface area contributed by atoms with Crippen LogP contribution in [0.3, 0.4) is 0 Å². The van der Waals surface area contributed by atoms with E-state index in [9.17, 15) is 19.2 Å². The predicted molar refractivity (Wildman–Crippen MR) is 77.7 cm³/mol. The number of rotatable bonds is 5. The molecule has 8 nitrogen and oxygen atoms in total. The first-order valence-corrected chi connectivity index (χ1v) is 6.75.